The molecule has 0 amide bonds. The van der Waals surface area contributed by atoms with Gasteiger partial charge >= 0.3 is 0 Å². The fourth-order valence-electron chi connectivity index (χ4n) is 5.45. The average Bonchev–Trinajstić information content (AvgIpc) is 3.16. The van der Waals surface area contributed by atoms with E-state index in [-0.39, 0.29) is 5.78 Å². The summed E-state index contributed by atoms with van der Waals surface area (Å²) in [4.78, 5) is 16.1. The lowest BCUT2D eigenvalue weighted by Gasteiger charge is -2.35. The van der Waals surface area contributed by atoms with Crippen LogP contribution in [-0.4, -0.2) is 17.9 Å². The van der Waals surface area contributed by atoms with Gasteiger partial charge in [-0.2, -0.15) is 10.5 Å². The minimum Gasteiger partial charge on any atom is -0.351 e. The quantitative estimate of drug-likeness (QED) is 0.509. The second-order valence-corrected chi connectivity index (χ2v) is 8.88. The summed E-state index contributed by atoms with van der Waals surface area (Å²) in [5.74, 6) is -0.690. The Morgan fingerprint density at radius 1 is 0.939 bits per heavy atom. The molecule has 0 aliphatic carbocycles. The van der Waals surface area contributed by atoms with E-state index in [1.54, 1.807) is 0 Å². The standard InChI is InChI=1S/C29H23N3O/c1-19-12-13-20(2)23(16-19)26-27(28(33)22-9-4-3-5-10-22)32-24-11-7-6-8-21(24)14-15-25(32)29(26,17-30)18-31/h3-16,25-27H,1-2H3/t25-,26+,27+/m0/s1. The van der Waals surface area contributed by atoms with Gasteiger partial charge < -0.3 is 4.90 Å². The van der Waals surface area contributed by atoms with Gasteiger partial charge in [0.05, 0.1) is 18.2 Å². The van der Waals surface area contributed by atoms with Crippen molar-refractivity contribution < 1.29 is 4.79 Å². The summed E-state index contributed by atoms with van der Waals surface area (Å²) >= 11 is 0. The Kier molecular flexibility index (Phi) is 4.88. The molecule has 0 spiro atoms. The first kappa shape index (κ1) is 20.7. The normalized spacial score (nSPS) is 22.1. The Bertz CT molecular complexity index is 1350. The second-order valence-electron chi connectivity index (χ2n) is 8.88. The molecule has 4 nitrogen and oxygen atoms in total. The maximum atomic E-state index is 14.1. The number of para-hydroxylation sites is 1. The van der Waals surface area contributed by atoms with Crippen LogP contribution in [0.1, 0.15) is 38.5 Å². The molecule has 3 atom stereocenters. The number of fused-ring (bicyclic) bond motifs is 3. The summed E-state index contributed by atoms with van der Waals surface area (Å²) in [7, 11) is 0. The van der Waals surface area contributed by atoms with Crippen LogP contribution in [-0.2, 0) is 0 Å². The van der Waals surface area contributed by atoms with Crippen molar-refractivity contribution in [3.63, 3.8) is 0 Å². The Morgan fingerprint density at radius 3 is 2.36 bits per heavy atom. The van der Waals surface area contributed by atoms with E-state index in [1.807, 2.05) is 104 Å². The molecule has 4 heteroatoms. The number of Topliss-reactive ketones (excluding diaryl/α,β-unsaturated/α-hetero) is 1. The van der Waals surface area contributed by atoms with Crippen LogP contribution in [0.25, 0.3) is 6.08 Å². The summed E-state index contributed by atoms with van der Waals surface area (Å²) in [6.07, 6.45) is 3.89. The fourth-order valence-corrected chi connectivity index (χ4v) is 5.45. The summed E-state index contributed by atoms with van der Waals surface area (Å²) in [5.41, 5.74) is 3.91. The third-order valence-electron chi connectivity index (χ3n) is 7.01. The highest BCUT2D eigenvalue weighted by molar-refractivity contribution is 6.04. The van der Waals surface area contributed by atoms with Crippen LogP contribution in [0.5, 0.6) is 0 Å². The van der Waals surface area contributed by atoms with E-state index < -0.39 is 23.4 Å². The molecule has 33 heavy (non-hydrogen) atoms. The minimum atomic E-state index is -1.42. The predicted octanol–water partition coefficient (Wildman–Crippen LogP) is 5.59. The van der Waals surface area contributed by atoms with Gasteiger partial charge in [0.15, 0.2) is 11.2 Å². The number of benzene rings is 3. The van der Waals surface area contributed by atoms with Crippen LogP contribution in [0.2, 0.25) is 0 Å². The number of carbonyl (C=O) groups excluding carboxylic acids is 1. The SMILES string of the molecule is Cc1ccc(C)c([C@@H]2[C@H](C(=O)c3ccccc3)N3c4ccccc4C=C[C@H]3C2(C#N)C#N)c1. The van der Waals surface area contributed by atoms with Crippen molar-refractivity contribution in [2.45, 2.75) is 31.8 Å². The van der Waals surface area contributed by atoms with Gasteiger partial charge in [-0.1, -0.05) is 84.4 Å². The Balaban J connectivity index is 1.83. The van der Waals surface area contributed by atoms with Crippen molar-refractivity contribution in [3.8, 4) is 12.1 Å². The van der Waals surface area contributed by atoms with E-state index in [0.29, 0.717) is 5.56 Å². The zero-order valence-corrected chi connectivity index (χ0v) is 18.6. The number of hydrogen-bond donors (Lipinski definition) is 0. The molecule has 2 aliphatic rings. The number of anilines is 1. The van der Waals surface area contributed by atoms with Gasteiger partial charge in [-0.15, -0.1) is 0 Å². The number of carbonyl (C=O) groups is 1. The number of nitriles is 2. The molecule has 3 aromatic rings. The van der Waals surface area contributed by atoms with E-state index in [9.17, 15) is 15.3 Å². The molecule has 5 rings (SSSR count). The van der Waals surface area contributed by atoms with Crippen LogP contribution in [0.3, 0.4) is 0 Å². The first-order valence-electron chi connectivity index (χ1n) is 11.1. The summed E-state index contributed by atoms with van der Waals surface area (Å²) in [6, 6.07) is 26.6. The van der Waals surface area contributed by atoms with Gasteiger partial charge in [-0.05, 0) is 36.6 Å². The van der Waals surface area contributed by atoms with Gasteiger partial charge in [0.1, 0.15) is 6.04 Å². The Labute approximate surface area is 194 Å². The molecule has 3 aromatic carbocycles. The van der Waals surface area contributed by atoms with Crippen LogP contribution >= 0.6 is 0 Å². The third kappa shape index (κ3) is 2.99. The van der Waals surface area contributed by atoms with Gasteiger partial charge in [-0.3, -0.25) is 4.79 Å². The topological polar surface area (TPSA) is 67.9 Å². The van der Waals surface area contributed by atoms with Gasteiger partial charge in [0.25, 0.3) is 0 Å². The zero-order valence-electron chi connectivity index (χ0n) is 18.6. The molecule has 0 radical (unpaired) electrons. The van der Waals surface area contributed by atoms with Crippen LogP contribution < -0.4 is 4.90 Å². The smallest absolute Gasteiger partial charge is 0.185 e. The fraction of sp³-hybridized carbons (Fsp3) is 0.207. The average molecular weight is 430 g/mol. The van der Waals surface area contributed by atoms with Gasteiger partial charge in [-0.25, -0.2) is 0 Å². The molecular weight excluding hydrogens is 406 g/mol. The van der Waals surface area contributed by atoms with Crippen molar-refractivity contribution in [1.82, 2.24) is 0 Å². The molecule has 0 aromatic heterocycles. The summed E-state index contributed by atoms with van der Waals surface area (Å²) in [5, 5.41) is 21.0. The maximum absolute atomic E-state index is 14.1. The molecule has 0 N–H and O–H groups in total. The first-order valence-corrected chi connectivity index (χ1v) is 11.1. The largest absolute Gasteiger partial charge is 0.351 e. The molecule has 2 heterocycles. The molecule has 2 aliphatic heterocycles. The lowest BCUT2D eigenvalue weighted by molar-refractivity contribution is 0.0951. The van der Waals surface area contributed by atoms with Gasteiger partial charge in [0.2, 0.25) is 0 Å². The number of nitrogens with zero attached hydrogens (tertiary/aromatic N) is 3. The van der Waals surface area contributed by atoms with Crippen molar-refractivity contribution in [2.75, 3.05) is 4.90 Å². The molecule has 0 saturated carbocycles. The van der Waals surface area contributed by atoms with Crippen LogP contribution in [0, 0.1) is 41.9 Å². The van der Waals surface area contributed by atoms with Gasteiger partial charge in [0, 0.05) is 17.2 Å². The highest BCUT2D eigenvalue weighted by Crippen LogP contribution is 2.56. The Hall–Kier alpha value is -4.15. The number of aryl methyl sites for hydroxylation is 2. The van der Waals surface area contributed by atoms with Crippen LogP contribution in [0.15, 0.2) is 78.9 Å². The highest BCUT2D eigenvalue weighted by Gasteiger charge is 2.63. The Morgan fingerprint density at radius 2 is 1.64 bits per heavy atom. The maximum Gasteiger partial charge on any atom is 0.185 e. The van der Waals surface area contributed by atoms with Crippen molar-refractivity contribution in [2.24, 2.45) is 5.41 Å². The molecular formula is C29H23N3O. The second kappa shape index (κ2) is 7.76. The molecule has 1 fully saturated rings. The molecule has 0 bridgehead atoms. The highest BCUT2D eigenvalue weighted by atomic mass is 16.1. The summed E-state index contributed by atoms with van der Waals surface area (Å²) in [6.45, 7) is 3.98. The van der Waals surface area contributed by atoms with E-state index in [4.69, 9.17) is 0 Å². The van der Waals surface area contributed by atoms with Crippen LogP contribution in [0.4, 0.5) is 5.69 Å². The molecule has 0 unspecified atom stereocenters. The number of hydrogen-bond acceptors (Lipinski definition) is 4. The minimum absolute atomic E-state index is 0.0796. The summed E-state index contributed by atoms with van der Waals surface area (Å²) < 4.78 is 0. The van der Waals surface area contributed by atoms with Crippen molar-refractivity contribution >= 4 is 17.5 Å². The number of rotatable bonds is 3. The lowest BCUT2D eigenvalue weighted by atomic mass is 9.68. The lowest BCUT2D eigenvalue weighted by Crippen LogP contribution is -2.44. The van der Waals surface area contributed by atoms with Crippen molar-refractivity contribution in [1.29, 1.82) is 10.5 Å². The van der Waals surface area contributed by atoms with E-state index in [2.05, 4.69) is 12.1 Å². The number of ketones is 1. The molecule has 160 valence electrons. The molecule has 1 saturated heterocycles. The van der Waals surface area contributed by atoms with Crippen molar-refractivity contribution in [3.05, 3.63) is 107 Å². The third-order valence-corrected chi connectivity index (χ3v) is 7.01. The first-order chi connectivity index (χ1) is 16.0. The predicted molar refractivity (Wildman–Crippen MR) is 129 cm³/mol. The van der Waals surface area contributed by atoms with E-state index in [1.165, 1.54) is 0 Å². The van der Waals surface area contributed by atoms with E-state index in [0.717, 1.165) is 27.9 Å². The monoisotopic (exact) mass is 429 g/mol. The van der Waals surface area contributed by atoms with E-state index >= 15 is 0 Å². The zero-order chi connectivity index (χ0) is 23.2.